The maximum Gasteiger partial charge on any atom is 0.0797 e. The van der Waals surface area contributed by atoms with Gasteiger partial charge in [0.25, 0.3) is 0 Å². The number of rotatable bonds is 4. The van der Waals surface area contributed by atoms with Gasteiger partial charge in [0.15, 0.2) is 0 Å². The van der Waals surface area contributed by atoms with Gasteiger partial charge in [-0.05, 0) is 25.5 Å². The third kappa shape index (κ3) is 2.51. The van der Waals surface area contributed by atoms with E-state index in [9.17, 15) is 5.11 Å². The minimum atomic E-state index is -0.383. The number of aliphatic hydroxyl groups is 1. The summed E-state index contributed by atoms with van der Waals surface area (Å²) in [5.74, 6) is 0. The Morgan fingerprint density at radius 1 is 1.56 bits per heavy atom. The molecule has 0 fully saturated rings. The zero-order valence-corrected chi connectivity index (χ0v) is 10.4. The highest BCUT2D eigenvalue weighted by Crippen LogP contribution is 2.15. The van der Waals surface area contributed by atoms with Crippen LogP contribution in [-0.4, -0.2) is 14.7 Å². The van der Waals surface area contributed by atoms with Crippen molar-refractivity contribution in [3.05, 3.63) is 40.1 Å². The van der Waals surface area contributed by atoms with Crippen LogP contribution < -0.4 is 0 Å². The third-order valence-electron chi connectivity index (χ3n) is 2.70. The Kier molecular flexibility index (Phi) is 3.41. The predicted molar refractivity (Wildman–Crippen MR) is 65.6 cm³/mol. The molecule has 2 aromatic heterocycles. The number of nitrogens with zero attached hydrogens (tertiary/aromatic N) is 2. The van der Waals surface area contributed by atoms with E-state index >= 15 is 0 Å². The number of aliphatic hydroxyl groups excluding tert-OH is 1. The van der Waals surface area contributed by atoms with Gasteiger partial charge in [-0.3, -0.25) is 0 Å². The van der Waals surface area contributed by atoms with Crippen molar-refractivity contribution in [2.24, 2.45) is 0 Å². The standard InChI is InChI=1S/C12H16N2OS/c1-9-12(16-8-13-9)4-6-14-5-3-11(7-14)10(2)15/h3,5,7-8,10,15H,4,6H2,1-2H3. The summed E-state index contributed by atoms with van der Waals surface area (Å²) >= 11 is 1.71. The molecule has 2 heterocycles. The summed E-state index contributed by atoms with van der Waals surface area (Å²) in [6.07, 6.45) is 4.63. The highest BCUT2D eigenvalue weighted by atomic mass is 32.1. The lowest BCUT2D eigenvalue weighted by molar-refractivity contribution is 0.199. The van der Waals surface area contributed by atoms with Gasteiger partial charge in [0.1, 0.15) is 0 Å². The molecule has 0 saturated heterocycles. The van der Waals surface area contributed by atoms with E-state index in [0.29, 0.717) is 0 Å². The van der Waals surface area contributed by atoms with Crippen LogP contribution in [0.3, 0.4) is 0 Å². The van der Waals surface area contributed by atoms with Gasteiger partial charge >= 0.3 is 0 Å². The number of hydrogen-bond acceptors (Lipinski definition) is 3. The molecule has 0 aliphatic heterocycles. The molecule has 1 atom stereocenters. The zero-order chi connectivity index (χ0) is 11.5. The van der Waals surface area contributed by atoms with Crippen molar-refractivity contribution in [2.45, 2.75) is 32.9 Å². The molecule has 0 radical (unpaired) electrons. The number of hydrogen-bond donors (Lipinski definition) is 1. The molecule has 4 heteroatoms. The van der Waals surface area contributed by atoms with Crippen molar-refractivity contribution in [3.8, 4) is 0 Å². The van der Waals surface area contributed by atoms with E-state index in [2.05, 4.69) is 9.55 Å². The van der Waals surface area contributed by atoms with E-state index < -0.39 is 0 Å². The Morgan fingerprint density at radius 3 is 2.94 bits per heavy atom. The van der Waals surface area contributed by atoms with Crippen LogP contribution in [0.2, 0.25) is 0 Å². The number of thiazole rings is 1. The number of aryl methyl sites for hydroxylation is 3. The summed E-state index contributed by atoms with van der Waals surface area (Å²) in [4.78, 5) is 5.57. The van der Waals surface area contributed by atoms with Gasteiger partial charge in [0.05, 0.1) is 17.3 Å². The summed E-state index contributed by atoms with van der Waals surface area (Å²) in [6.45, 7) is 4.77. The van der Waals surface area contributed by atoms with Gasteiger partial charge in [-0.25, -0.2) is 4.98 Å². The van der Waals surface area contributed by atoms with E-state index in [1.807, 2.05) is 30.9 Å². The molecule has 0 aliphatic rings. The van der Waals surface area contributed by atoms with Gasteiger partial charge in [-0.15, -0.1) is 11.3 Å². The highest BCUT2D eigenvalue weighted by molar-refractivity contribution is 7.09. The average Bonchev–Trinajstić information content (AvgIpc) is 2.83. The van der Waals surface area contributed by atoms with Gasteiger partial charge < -0.3 is 9.67 Å². The lowest BCUT2D eigenvalue weighted by Crippen LogP contribution is -1.98. The fourth-order valence-corrected chi connectivity index (χ4v) is 2.41. The van der Waals surface area contributed by atoms with Gasteiger partial charge in [0.2, 0.25) is 0 Å². The van der Waals surface area contributed by atoms with Crippen LogP contribution in [0, 0.1) is 6.92 Å². The second-order valence-electron chi connectivity index (χ2n) is 3.97. The first-order valence-corrected chi connectivity index (χ1v) is 6.27. The van der Waals surface area contributed by atoms with Crippen LogP contribution in [-0.2, 0) is 13.0 Å². The lowest BCUT2D eigenvalue weighted by Gasteiger charge is -2.02. The van der Waals surface area contributed by atoms with Crippen molar-refractivity contribution < 1.29 is 5.11 Å². The summed E-state index contributed by atoms with van der Waals surface area (Å²) in [7, 11) is 0. The van der Waals surface area contributed by atoms with Gasteiger partial charge in [-0.2, -0.15) is 0 Å². The highest BCUT2D eigenvalue weighted by Gasteiger charge is 2.04. The molecular weight excluding hydrogens is 220 g/mol. The molecule has 0 bridgehead atoms. The molecule has 0 aromatic carbocycles. The summed E-state index contributed by atoms with van der Waals surface area (Å²) in [5, 5.41) is 9.41. The monoisotopic (exact) mass is 236 g/mol. The summed E-state index contributed by atoms with van der Waals surface area (Å²) in [5.41, 5.74) is 4.00. The molecular formula is C12H16N2OS. The molecule has 0 spiro atoms. The van der Waals surface area contributed by atoms with Crippen LogP contribution >= 0.6 is 11.3 Å². The van der Waals surface area contributed by atoms with Crippen LogP contribution in [0.4, 0.5) is 0 Å². The van der Waals surface area contributed by atoms with Crippen LogP contribution in [0.25, 0.3) is 0 Å². The molecule has 1 N–H and O–H groups in total. The zero-order valence-electron chi connectivity index (χ0n) is 9.55. The maximum atomic E-state index is 9.41. The largest absolute Gasteiger partial charge is 0.389 e. The first-order chi connectivity index (χ1) is 7.66. The SMILES string of the molecule is Cc1ncsc1CCn1ccc(C(C)O)c1. The molecule has 1 unspecified atom stereocenters. The smallest absolute Gasteiger partial charge is 0.0797 e. The summed E-state index contributed by atoms with van der Waals surface area (Å²) < 4.78 is 2.11. The summed E-state index contributed by atoms with van der Waals surface area (Å²) in [6, 6.07) is 1.96. The van der Waals surface area contributed by atoms with E-state index in [1.54, 1.807) is 18.3 Å². The molecule has 0 saturated carbocycles. The quantitative estimate of drug-likeness (QED) is 0.886. The van der Waals surface area contributed by atoms with Crippen molar-refractivity contribution in [2.75, 3.05) is 0 Å². The second-order valence-corrected chi connectivity index (χ2v) is 4.91. The van der Waals surface area contributed by atoms with E-state index in [-0.39, 0.29) is 6.10 Å². The van der Waals surface area contributed by atoms with Gasteiger partial charge in [-0.1, -0.05) is 0 Å². The molecule has 86 valence electrons. The Balaban J connectivity index is 1.97. The van der Waals surface area contributed by atoms with Crippen LogP contribution in [0.15, 0.2) is 24.0 Å². The van der Waals surface area contributed by atoms with Crippen molar-refractivity contribution >= 4 is 11.3 Å². The molecule has 0 amide bonds. The molecule has 3 nitrogen and oxygen atoms in total. The minimum Gasteiger partial charge on any atom is -0.389 e. The Bertz CT molecular complexity index is 459. The minimum absolute atomic E-state index is 0.383. The van der Waals surface area contributed by atoms with E-state index in [0.717, 1.165) is 24.2 Å². The fraction of sp³-hybridized carbons (Fsp3) is 0.417. The maximum absolute atomic E-state index is 9.41. The predicted octanol–water partition coefficient (Wildman–Crippen LogP) is 2.55. The average molecular weight is 236 g/mol. The van der Waals surface area contributed by atoms with Crippen molar-refractivity contribution in [3.63, 3.8) is 0 Å². The van der Waals surface area contributed by atoms with Gasteiger partial charge in [0, 0.05) is 30.2 Å². The molecule has 0 aliphatic carbocycles. The van der Waals surface area contributed by atoms with Crippen LogP contribution in [0.5, 0.6) is 0 Å². The first-order valence-electron chi connectivity index (χ1n) is 5.39. The van der Waals surface area contributed by atoms with Crippen molar-refractivity contribution in [1.82, 2.24) is 9.55 Å². The molecule has 2 aromatic rings. The molecule has 16 heavy (non-hydrogen) atoms. The Labute approximate surface area is 99.4 Å². The van der Waals surface area contributed by atoms with E-state index in [4.69, 9.17) is 0 Å². The lowest BCUT2D eigenvalue weighted by atomic mass is 10.2. The van der Waals surface area contributed by atoms with Crippen molar-refractivity contribution in [1.29, 1.82) is 0 Å². The fourth-order valence-electron chi connectivity index (χ4n) is 1.64. The first kappa shape index (κ1) is 11.4. The third-order valence-corrected chi connectivity index (χ3v) is 3.69. The second kappa shape index (κ2) is 4.80. The Morgan fingerprint density at radius 2 is 2.38 bits per heavy atom. The Hall–Kier alpha value is -1.13. The normalized spacial score (nSPS) is 12.9. The van der Waals surface area contributed by atoms with E-state index in [1.165, 1.54) is 4.88 Å². The van der Waals surface area contributed by atoms with Crippen LogP contribution in [0.1, 0.15) is 29.2 Å². The number of aromatic nitrogens is 2. The molecule has 2 rings (SSSR count). The topological polar surface area (TPSA) is 38.0 Å².